The van der Waals surface area contributed by atoms with E-state index in [1.165, 1.54) is 13.0 Å². The Bertz CT molecular complexity index is 434. The Balaban J connectivity index is 0. The molecule has 7 nitrogen and oxygen atoms in total. The number of rotatable bonds is 9. The second-order valence-electron chi connectivity index (χ2n) is 5.81. The standard InChI is InChI=1S/C13H26N2O4S.H2O/c1-6-13(16)14(3)9-7-10-15(4,5)11-8-12(2)20(17,18)19;/h6,12H,1,7-11H2,2-5H3;1H2. The third kappa shape index (κ3) is 9.57. The average molecular weight is 324 g/mol. The molecule has 0 aromatic carbocycles. The fraction of sp³-hybridized carbons (Fsp3) is 0.769. The van der Waals surface area contributed by atoms with Gasteiger partial charge in [0.15, 0.2) is 0 Å². The van der Waals surface area contributed by atoms with E-state index >= 15 is 0 Å². The van der Waals surface area contributed by atoms with Gasteiger partial charge in [-0.25, -0.2) is 0 Å². The van der Waals surface area contributed by atoms with E-state index in [0.717, 1.165) is 13.0 Å². The summed E-state index contributed by atoms with van der Waals surface area (Å²) in [5.74, 6) is -0.102. The summed E-state index contributed by atoms with van der Waals surface area (Å²) in [6.45, 7) is 7.06. The number of hydrogen-bond acceptors (Lipinski definition) is 4. The summed E-state index contributed by atoms with van der Waals surface area (Å²) in [4.78, 5) is 12.9. The van der Waals surface area contributed by atoms with Crippen LogP contribution >= 0.6 is 0 Å². The highest BCUT2D eigenvalue weighted by atomic mass is 32.2. The van der Waals surface area contributed by atoms with Gasteiger partial charge >= 0.3 is 0 Å². The summed E-state index contributed by atoms with van der Waals surface area (Å²) in [5, 5.41) is -0.745. The van der Waals surface area contributed by atoms with E-state index in [4.69, 9.17) is 4.55 Å². The van der Waals surface area contributed by atoms with E-state index in [2.05, 4.69) is 6.58 Å². The quantitative estimate of drug-likeness (QED) is 0.379. The molecule has 0 aliphatic carbocycles. The molecule has 0 aliphatic heterocycles. The molecule has 126 valence electrons. The number of quaternary nitrogens is 1. The topological polar surface area (TPSA) is 105 Å². The van der Waals surface area contributed by atoms with Gasteiger partial charge < -0.3 is 14.9 Å². The van der Waals surface area contributed by atoms with Crippen LogP contribution in [0, 0.1) is 0 Å². The van der Waals surface area contributed by atoms with E-state index in [1.54, 1.807) is 11.9 Å². The minimum atomic E-state index is -3.95. The predicted molar refractivity (Wildman–Crippen MR) is 81.9 cm³/mol. The third-order valence-corrected chi connectivity index (χ3v) is 4.71. The van der Waals surface area contributed by atoms with Crippen LogP contribution in [-0.4, -0.2) is 79.8 Å². The molecule has 1 amide bonds. The van der Waals surface area contributed by atoms with Gasteiger partial charge in [0.25, 0.3) is 10.1 Å². The lowest BCUT2D eigenvalue weighted by molar-refractivity contribution is -0.890. The summed E-state index contributed by atoms with van der Waals surface area (Å²) in [6.07, 6.45) is 2.52. The normalized spacial score (nSPS) is 13.2. The molecule has 0 aromatic rings. The third-order valence-electron chi connectivity index (χ3n) is 3.46. The fourth-order valence-corrected chi connectivity index (χ4v) is 2.20. The monoisotopic (exact) mass is 324 g/mol. The van der Waals surface area contributed by atoms with Crippen LogP contribution in [0.25, 0.3) is 0 Å². The Kier molecular flexibility index (Phi) is 9.71. The summed E-state index contributed by atoms with van der Waals surface area (Å²) in [7, 11) is 1.79. The van der Waals surface area contributed by atoms with Crippen molar-refractivity contribution in [3.8, 4) is 0 Å². The fourth-order valence-electron chi connectivity index (χ4n) is 1.79. The van der Waals surface area contributed by atoms with Gasteiger partial charge in [0.05, 0.1) is 32.4 Å². The van der Waals surface area contributed by atoms with Gasteiger partial charge in [-0.3, -0.25) is 9.35 Å². The summed E-state index contributed by atoms with van der Waals surface area (Å²) >= 11 is 0. The number of carbonyl (C=O) groups excluding carboxylic acids is 1. The molecule has 0 rings (SSSR count). The van der Waals surface area contributed by atoms with Gasteiger partial charge in [0, 0.05) is 26.4 Å². The lowest BCUT2D eigenvalue weighted by Gasteiger charge is -2.31. The molecule has 0 saturated carbocycles. The largest absolute Gasteiger partial charge is 0.870 e. The second-order valence-corrected chi connectivity index (χ2v) is 7.65. The van der Waals surface area contributed by atoms with Crippen LogP contribution in [0.1, 0.15) is 19.8 Å². The molecule has 0 saturated heterocycles. The first-order chi connectivity index (χ1) is 8.99. The van der Waals surface area contributed by atoms with E-state index < -0.39 is 15.4 Å². The van der Waals surface area contributed by atoms with E-state index in [-0.39, 0.29) is 11.4 Å². The Hall–Kier alpha value is -0.960. The van der Waals surface area contributed by atoms with Crippen molar-refractivity contribution < 1.29 is 27.7 Å². The molecular formula is C13H28N2O5S. The first kappa shape index (κ1) is 22.3. The molecule has 2 N–H and O–H groups in total. The Morgan fingerprint density at radius 1 is 1.38 bits per heavy atom. The maximum Gasteiger partial charge on any atom is 0.267 e. The first-order valence-electron chi connectivity index (χ1n) is 6.65. The molecule has 0 spiro atoms. The number of nitrogens with zero attached hydrogens (tertiary/aromatic N) is 2. The van der Waals surface area contributed by atoms with Crippen molar-refractivity contribution in [2.24, 2.45) is 0 Å². The van der Waals surface area contributed by atoms with Gasteiger partial charge in [-0.05, 0) is 13.0 Å². The smallest absolute Gasteiger partial charge is 0.267 e. The zero-order chi connectivity index (χ0) is 16.0. The van der Waals surface area contributed by atoms with Gasteiger partial charge in [-0.2, -0.15) is 8.42 Å². The SMILES string of the molecule is C=CC(=O)N(C)CCC[N+](C)(C)CCC(C)S(=O)(=O)O.[OH-]. The second kappa shape index (κ2) is 9.14. The minimum Gasteiger partial charge on any atom is -0.870 e. The molecule has 0 fully saturated rings. The maximum atomic E-state index is 11.3. The number of hydrogen-bond donors (Lipinski definition) is 1. The lowest BCUT2D eigenvalue weighted by Crippen LogP contribution is -2.44. The maximum absolute atomic E-state index is 11.3. The van der Waals surface area contributed by atoms with Crippen molar-refractivity contribution >= 4 is 16.0 Å². The summed E-state index contributed by atoms with van der Waals surface area (Å²) in [6, 6.07) is 0. The molecule has 1 unspecified atom stereocenters. The number of likely N-dealkylation sites (N-methyl/N-ethyl adjacent to an activating group) is 1. The van der Waals surface area contributed by atoms with Crippen molar-refractivity contribution in [2.45, 2.75) is 25.0 Å². The van der Waals surface area contributed by atoms with E-state index in [1.807, 2.05) is 14.1 Å². The van der Waals surface area contributed by atoms with Crippen molar-refractivity contribution in [1.82, 2.24) is 4.90 Å². The molecular weight excluding hydrogens is 296 g/mol. The Morgan fingerprint density at radius 3 is 2.33 bits per heavy atom. The Labute approximate surface area is 127 Å². The summed E-state index contributed by atoms with van der Waals surface area (Å²) < 4.78 is 31.5. The van der Waals surface area contributed by atoms with Crippen LogP contribution in [0.2, 0.25) is 0 Å². The van der Waals surface area contributed by atoms with Crippen LogP contribution in [0.5, 0.6) is 0 Å². The van der Waals surface area contributed by atoms with Crippen LogP contribution in [0.15, 0.2) is 12.7 Å². The van der Waals surface area contributed by atoms with Crippen LogP contribution in [0.4, 0.5) is 0 Å². The van der Waals surface area contributed by atoms with Gasteiger partial charge in [-0.1, -0.05) is 6.58 Å². The molecule has 0 aliphatic rings. The molecule has 8 heteroatoms. The van der Waals surface area contributed by atoms with Crippen molar-refractivity contribution in [3.05, 3.63) is 12.7 Å². The molecule has 21 heavy (non-hydrogen) atoms. The van der Waals surface area contributed by atoms with E-state index in [0.29, 0.717) is 24.0 Å². The highest BCUT2D eigenvalue weighted by Gasteiger charge is 2.22. The lowest BCUT2D eigenvalue weighted by atomic mass is 10.2. The zero-order valence-corrected chi connectivity index (χ0v) is 14.1. The molecule has 0 aromatic heterocycles. The van der Waals surface area contributed by atoms with E-state index in [9.17, 15) is 13.2 Å². The van der Waals surface area contributed by atoms with Crippen molar-refractivity contribution in [1.29, 1.82) is 0 Å². The number of amides is 1. The molecule has 1 atom stereocenters. The number of carbonyl (C=O) groups is 1. The van der Waals surface area contributed by atoms with Gasteiger partial charge in [0.2, 0.25) is 5.91 Å². The summed E-state index contributed by atoms with van der Waals surface area (Å²) in [5.41, 5.74) is 0. The molecule has 0 heterocycles. The highest BCUT2D eigenvalue weighted by Crippen LogP contribution is 2.09. The molecule has 0 bridgehead atoms. The van der Waals surface area contributed by atoms with Crippen LogP contribution in [0.3, 0.4) is 0 Å². The average Bonchev–Trinajstić information content (AvgIpc) is 2.33. The van der Waals surface area contributed by atoms with Crippen LogP contribution < -0.4 is 0 Å². The van der Waals surface area contributed by atoms with Gasteiger partial charge in [0.1, 0.15) is 0 Å². The Morgan fingerprint density at radius 2 is 1.90 bits per heavy atom. The van der Waals surface area contributed by atoms with Crippen molar-refractivity contribution in [2.75, 3.05) is 40.8 Å². The van der Waals surface area contributed by atoms with Crippen molar-refractivity contribution in [3.63, 3.8) is 0 Å². The van der Waals surface area contributed by atoms with Gasteiger partial charge in [-0.15, -0.1) is 0 Å². The predicted octanol–water partition coefficient (Wildman–Crippen LogP) is 0.587. The first-order valence-corrected chi connectivity index (χ1v) is 8.16. The minimum absolute atomic E-state index is 0. The molecule has 0 radical (unpaired) electrons. The zero-order valence-electron chi connectivity index (χ0n) is 13.3. The van der Waals surface area contributed by atoms with Crippen LogP contribution in [-0.2, 0) is 14.9 Å². The highest BCUT2D eigenvalue weighted by molar-refractivity contribution is 7.86.